The molecule has 0 nitrogen and oxygen atoms in total. The summed E-state index contributed by atoms with van der Waals surface area (Å²) in [6, 6.07) is 0. The summed E-state index contributed by atoms with van der Waals surface area (Å²) in [4.78, 5) is 0. The van der Waals surface area contributed by atoms with E-state index in [2.05, 4.69) is 12.3 Å². The van der Waals surface area contributed by atoms with E-state index in [-0.39, 0.29) is 0 Å². The maximum atomic E-state index is 3.67. The lowest BCUT2D eigenvalue weighted by Crippen LogP contribution is -1.87. The molecule has 2 rings (SSSR count). The Morgan fingerprint density at radius 1 is 1.33 bits per heavy atom. The molecular weight excluding hydrogens is 108 g/mol. The average Bonchev–Trinajstić information content (AvgIpc) is 2.44. The van der Waals surface area contributed by atoms with Crippen LogP contribution in [-0.2, 0) is 0 Å². The van der Waals surface area contributed by atoms with Gasteiger partial charge in [0.05, 0.1) is 0 Å². The summed E-state index contributed by atoms with van der Waals surface area (Å²) in [7, 11) is 0. The van der Waals surface area contributed by atoms with Gasteiger partial charge in [0.25, 0.3) is 0 Å². The summed E-state index contributed by atoms with van der Waals surface area (Å²) in [6.45, 7) is 3.67. The monoisotopic (exact) mass is 120 g/mol. The van der Waals surface area contributed by atoms with Crippen LogP contribution in [0.3, 0.4) is 0 Å². The molecule has 0 saturated heterocycles. The zero-order valence-corrected chi connectivity index (χ0v) is 5.74. The first-order chi connectivity index (χ1) is 4.35. The van der Waals surface area contributed by atoms with E-state index in [1.807, 2.05) is 0 Å². The molecule has 9 heavy (non-hydrogen) atoms. The fraction of sp³-hybridized carbons (Fsp3) is 0.667. The molecule has 0 atom stereocenters. The first-order valence-electron chi connectivity index (χ1n) is 3.72. The van der Waals surface area contributed by atoms with Crippen LogP contribution in [0.1, 0.15) is 32.1 Å². The van der Waals surface area contributed by atoms with Gasteiger partial charge in [-0.15, -0.1) is 5.73 Å². The van der Waals surface area contributed by atoms with Gasteiger partial charge in [-0.1, -0.05) is 6.58 Å². The van der Waals surface area contributed by atoms with Gasteiger partial charge in [-0.25, -0.2) is 0 Å². The van der Waals surface area contributed by atoms with Crippen LogP contribution in [0.5, 0.6) is 0 Å². The number of hydrogen-bond donors (Lipinski definition) is 0. The Labute approximate surface area is 56.3 Å². The SMILES string of the molecule is C=C=C1CCC2(CC2)C1. The Morgan fingerprint density at radius 2 is 2.11 bits per heavy atom. The van der Waals surface area contributed by atoms with Crippen LogP contribution in [0, 0.1) is 5.41 Å². The average molecular weight is 120 g/mol. The van der Waals surface area contributed by atoms with Crippen LogP contribution in [0.25, 0.3) is 0 Å². The Hall–Kier alpha value is -0.480. The van der Waals surface area contributed by atoms with Gasteiger partial charge in [-0.05, 0) is 43.1 Å². The molecule has 0 heteroatoms. The Balaban J connectivity index is 2.17. The Bertz CT molecular complexity index is 178. The van der Waals surface area contributed by atoms with Gasteiger partial charge < -0.3 is 0 Å². The maximum Gasteiger partial charge on any atom is -0.0187 e. The zero-order chi connectivity index (χ0) is 6.32. The van der Waals surface area contributed by atoms with Crippen molar-refractivity contribution in [3.63, 3.8) is 0 Å². The fourth-order valence-electron chi connectivity index (χ4n) is 1.80. The molecule has 0 aromatic carbocycles. The molecule has 2 saturated carbocycles. The number of rotatable bonds is 0. The predicted molar refractivity (Wildman–Crippen MR) is 38.2 cm³/mol. The number of hydrogen-bond acceptors (Lipinski definition) is 0. The minimum absolute atomic E-state index is 0.778. The molecule has 0 unspecified atom stereocenters. The molecule has 0 heterocycles. The minimum atomic E-state index is 0.778. The van der Waals surface area contributed by atoms with Crippen LogP contribution < -0.4 is 0 Å². The van der Waals surface area contributed by atoms with E-state index in [1.165, 1.54) is 37.7 Å². The van der Waals surface area contributed by atoms with Crippen molar-refractivity contribution in [3.8, 4) is 0 Å². The van der Waals surface area contributed by atoms with E-state index in [0.717, 1.165) is 5.41 Å². The van der Waals surface area contributed by atoms with Crippen molar-refractivity contribution in [2.45, 2.75) is 32.1 Å². The third kappa shape index (κ3) is 0.746. The second kappa shape index (κ2) is 1.52. The summed E-state index contributed by atoms with van der Waals surface area (Å²) in [5.74, 6) is 0. The normalized spacial score (nSPS) is 28.7. The van der Waals surface area contributed by atoms with E-state index < -0.39 is 0 Å². The number of allylic oxidation sites excluding steroid dienone is 1. The molecule has 0 aromatic heterocycles. The first-order valence-corrected chi connectivity index (χ1v) is 3.72. The van der Waals surface area contributed by atoms with Crippen molar-refractivity contribution < 1.29 is 0 Å². The summed E-state index contributed by atoms with van der Waals surface area (Å²) in [5.41, 5.74) is 5.28. The van der Waals surface area contributed by atoms with E-state index in [4.69, 9.17) is 0 Å². The van der Waals surface area contributed by atoms with Crippen LogP contribution in [0.4, 0.5) is 0 Å². The molecule has 0 N–H and O–H groups in total. The smallest absolute Gasteiger partial charge is 0.0187 e. The highest BCUT2D eigenvalue weighted by molar-refractivity contribution is 5.15. The second-order valence-corrected chi connectivity index (χ2v) is 3.46. The third-order valence-electron chi connectivity index (χ3n) is 2.75. The van der Waals surface area contributed by atoms with Crippen molar-refractivity contribution in [2.24, 2.45) is 5.41 Å². The van der Waals surface area contributed by atoms with Gasteiger partial charge in [-0.3, -0.25) is 0 Å². The summed E-state index contributed by atoms with van der Waals surface area (Å²) in [6.07, 6.45) is 6.96. The van der Waals surface area contributed by atoms with Gasteiger partial charge in [0.1, 0.15) is 0 Å². The van der Waals surface area contributed by atoms with Crippen molar-refractivity contribution in [1.82, 2.24) is 0 Å². The van der Waals surface area contributed by atoms with Gasteiger partial charge >= 0.3 is 0 Å². The minimum Gasteiger partial charge on any atom is -0.130 e. The highest BCUT2D eigenvalue weighted by Gasteiger charge is 2.45. The molecule has 0 amide bonds. The molecule has 2 aliphatic rings. The second-order valence-electron chi connectivity index (χ2n) is 3.46. The Kier molecular flexibility index (Phi) is 0.896. The van der Waals surface area contributed by atoms with Crippen LogP contribution in [-0.4, -0.2) is 0 Å². The lowest BCUT2D eigenvalue weighted by Gasteiger charge is -1.97. The lowest BCUT2D eigenvalue weighted by molar-refractivity contribution is 0.543. The van der Waals surface area contributed by atoms with E-state index in [0.29, 0.717) is 0 Å². The topological polar surface area (TPSA) is 0 Å². The maximum absolute atomic E-state index is 3.67. The zero-order valence-electron chi connectivity index (χ0n) is 5.74. The van der Waals surface area contributed by atoms with E-state index >= 15 is 0 Å². The van der Waals surface area contributed by atoms with Gasteiger partial charge in [0.15, 0.2) is 0 Å². The molecular formula is C9H12. The standard InChI is InChI=1S/C9H12/c1-2-8-3-4-9(7-8)5-6-9/h1,3-7H2. The predicted octanol–water partition coefficient (Wildman–Crippen LogP) is 2.66. The Morgan fingerprint density at radius 3 is 2.44 bits per heavy atom. The molecule has 0 aromatic rings. The van der Waals surface area contributed by atoms with Crippen molar-refractivity contribution in [2.75, 3.05) is 0 Å². The molecule has 0 aliphatic heterocycles. The quantitative estimate of drug-likeness (QED) is 0.431. The highest BCUT2D eigenvalue weighted by Crippen LogP contribution is 2.59. The van der Waals surface area contributed by atoms with Gasteiger partial charge in [0.2, 0.25) is 0 Å². The van der Waals surface area contributed by atoms with E-state index in [9.17, 15) is 0 Å². The fourth-order valence-corrected chi connectivity index (χ4v) is 1.80. The van der Waals surface area contributed by atoms with Gasteiger partial charge in [-0.2, -0.15) is 0 Å². The molecule has 1 spiro atoms. The molecule has 2 aliphatic carbocycles. The van der Waals surface area contributed by atoms with E-state index in [1.54, 1.807) is 0 Å². The molecule has 0 bridgehead atoms. The third-order valence-corrected chi connectivity index (χ3v) is 2.75. The summed E-state index contributed by atoms with van der Waals surface area (Å²) >= 11 is 0. The van der Waals surface area contributed by atoms with Crippen molar-refractivity contribution in [1.29, 1.82) is 0 Å². The summed E-state index contributed by atoms with van der Waals surface area (Å²) in [5, 5.41) is 0. The lowest BCUT2D eigenvalue weighted by atomic mass is 10.1. The van der Waals surface area contributed by atoms with Crippen LogP contribution in [0.15, 0.2) is 17.9 Å². The van der Waals surface area contributed by atoms with Crippen LogP contribution >= 0.6 is 0 Å². The molecule has 2 fully saturated rings. The molecule has 0 radical (unpaired) electrons. The van der Waals surface area contributed by atoms with Crippen LogP contribution in [0.2, 0.25) is 0 Å². The first kappa shape index (κ1) is 5.32. The highest BCUT2D eigenvalue weighted by atomic mass is 14.5. The molecule has 48 valence electrons. The van der Waals surface area contributed by atoms with Crippen molar-refractivity contribution >= 4 is 0 Å². The largest absolute Gasteiger partial charge is 0.130 e. The van der Waals surface area contributed by atoms with Gasteiger partial charge in [0, 0.05) is 0 Å². The van der Waals surface area contributed by atoms with Crippen molar-refractivity contribution in [3.05, 3.63) is 17.9 Å². The summed E-state index contributed by atoms with van der Waals surface area (Å²) < 4.78 is 0.